The molecule has 1 aliphatic carbocycles. The number of hydrogen-bond donors (Lipinski definition) is 2. The number of hydrogen-bond acceptors (Lipinski definition) is 4. The van der Waals surface area contributed by atoms with Crippen molar-refractivity contribution in [3.63, 3.8) is 0 Å². The van der Waals surface area contributed by atoms with Crippen LogP contribution in [-0.4, -0.2) is 36.7 Å². The molecule has 7 nitrogen and oxygen atoms in total. The van der Waals surface area contributed by atoms with E-state index in [2.05, 4.69) is 21.1 Å². The first-order valence-electron chi connectivity index (χ1n) is 12.3. The number of carboxylic acids is 1. The summed E-state index contributed by atoms with van der Waals surface area (Å²) in [7, 11) is -4.06. The van der Waals surface area contributed by atoms with Gasteiger partial charge in [-0.1, -0.05) is 43.4 Å². The van der Waals surface area contributed by atoms with E-state index in [1.165, 1.54) is 56.4 Å². The molecule has 2 N–H and O–H groups in total. The summed E-state index contributed by atoms with van der Waals surface area (Å²) in [5.74, 6) is 5.36. The zero-order chi connectivity index (χ0) is 25.5. The average molecular weight is 509 g/mol. The SMILES string of the molecule is CC#CCOc1ccc(S(=O)(=O)N[C@H](Cc2cn(CC3CCCCC3)c3ccccc23)C(=O)O)cc1. The molecule has 1 saturated carbocycles. The molecular formula is C28H32N2O5S. The van der Waals surface area contributed by atoms with E-state index in [-0.39, 0.29) is 17.9 Å². The molecule has 0 bridgehead atoms. The second-order valence-corrected chi connectivity index (χ2v) is 10.9. The van der Waals surface area contributed by atoms with Crippen molar-refractivity contribution in [2.24, 2.45) is 5.92 Å². The second-order valence-electron chi connectivity index (χ2n) is 9.23. The van der Waals surface area contributed by atoms with Crippen molar-refractivity contribution in [3.8, 4) is 17.6 Å². The Morgan fingerprint density at radius 1 is 1.14 bits per heavy atom. The van der Waals surface area contributed by atoms with E-state index < -0.39 is 22.0 Å². The summed E-state index contributed by atoms with van der Waals surface area (Å²) in [6, 6.07) is 12.4. The Balaban J connectivity index is 1.53. The fourth-order valence-electron chi connectivity index (χ4n) is 4.85. The van der Waals surface area contributed by atoms with Gasteiger partial charge >= 0.3 is 5.97 Å². The van der Waals surface area contributed by atoms with Crippen molar-refractivity contribution in [2.45, 2.75) is 62.9 Å². The van der Waals surface area contributed by atoms with Gasteiger partial charge < -0.3 is 14.4 Å². The Morgan fingerprint density at radius 3 is 2.56 bits per heavy atom. The van der Waals surface area contributed by atoms with Gasteiger partial charge in [0.05, 0.1) is 4.90 Å². The van der Waals surface area contributed by atoms with E-state index in [4.69, 9.17) is 4.74 Å². The highest BCUT2D eigenvalue weighted by Gasteiger charge is 2.27. The maximum atomic E-state index is 13.0. The molecule has 3 aromatic rings. The molecule has 8 heteroatoms. The fraction of sp³-hybridized carbons (Fsp3) is 0.393. The first-order chi connectivity index (χ1) is 17.4. The lowest BCUT2D eigenvalue weighted by Crippen LogP contribution is -2.42. The molecule has 0 aliphatic heterocycles. The number of para-hydroxylation sites is 1. The average Bonchev–Trinajstić information content (AvgIpc) is 3.21. The number of aromatic nitrogens is 1. The third-order valence-electron chi connectivity index (χ3n) is 6.69. The number of carbonyl (C=O) groups is 1. The van der Waals surface area contributed by atoms with Crippen molar-refractivity contribution in [3.05, 3.63) is 60.3 Å². The minimum Gasteiger partial charge on any atom is -0.481 e. The lowest BCUT2D eigenvalue weighted by atomic mass is 9.89. The highest BCUT2D eigenvalue weighted by molar-refractivity contribution is 7.89. The van der Waals surface area contributed by atoms with Gasteiger partial charge in [0.2, 0.25) is 10.0 Å². The van der Waals surface area contributed by atoms with Gasteiger partial charge in [-0.15, -0.1) is 5.92 Å². The Morgan fingerprint density at radius 2 is 1.86 bits per heavy atom. The first-order valence-corrected chi connectivity index (χ1v) is 13.8. The normalized spacial score (nSPS) is 15.2. The van der Waals surface area contributed by atoms with Crippen LogP contribution < -0.4 is 9.46 Å². The molecule has 36 heavy (non-hydrogen) atoms. The Hall–Kier alpha value is -3.28. The first kappa shape index (κ1) is 25.8. The minimum absolute atomic E-state index is 0.0256. The molecule has 2 aromatic carbocycles. The molecule has 190 valence electrons. The van der Waals surface area contributed by atoms with Crippen LogP contribution in [0.5, 0.6) is 5.75 Å². The van der Waals surface area contributed by atoms with Crippen LogP contribution in [0.4, 0.5) is 0 Å². The fourth-order valence-corrected chi connectivity index (χ4v) is 6.03. The van der Waals surface area contributed by atoms with E-state index in [9.17, 15) is 18.3 Å². The predicted molar refractivity (Wildman–Crippen MR) is 139 cm³/mol. The van der Waals surface area contributed by atoms with E-state index in [0.717, 1.165) is 23.0 Å². The molecule has 0 amide bonds. The Labute approximate surface area is 212 Å². The summed E-state index contributed by atoms with van der Waals surface area (Å²) in [6.45, 7) is 2.80. The Kier molecular flexibility index (Phi) is 8.34. The van der Waals surface area contributed by atoms with Crippen molar-refractivity contribution in [1.82, 2.24) is 9.29 Å². The van der Waals surface area contributed by atoms with Gasteiger partial charge in [-0.25, -0.2) is 8.42 Å². The van der Waals surface area contributed by atoms with Crippen molar-refractivity contribution in [2.75, 3.05) is 6.61 Å². The van der Waals surface area contributed by atoms with Crippen molar-refractivity contribution >= 4 is 26.9 Å². The zero-order valence-corrected chi connectivity index (χ0v) is 21.3. The summed E-state index contributed by atoms with van der Waals surface area (Å²) in [4.78, 5) is 12.1. The molecule has 4 rings (SSSR count). The van der Waals surface area contributed by atoms with Crippen LogP contribution >= 0.6 is 0 Å². The monoisotopic (exact) mass is 508 g/mol. The molecule has 1 aromatic heterocycles. The number of aliphatic carboxylic acids is 1. The summed E-state index contributed by atoms with van der Waals surface area (Å²) in [6.07, 6.45) is 8.24. The van der Waals surface area contributed by atoms with E-state index >= 15 is 0 Å². The van der Waals surface area contributed by atoms with Gasteiger partial charge in [0.1, 0.15) is 18.4 Å². The minimum atomic E-state index is -4.06. The third kappa shape index (κ3) is 6.28. The second kappa shape index (κ2) is 11.6. The van der Waals surface area contributed by atoms with Crippen LogP contribution in [0.25, 0.3) is 10.9 Å². The number of ether oxygens (including phenoxy) is 1. The van der Waals surface area contributed by atoms with Crippen molar-refractivity contribution < 1.29 is 23.1 Å². The van der Waals surface area contributed by atoms with E-state index in [0.29, 0.717) is 11.7 Å². The molecule has 0 unspecified atom stereocenters. The van der Waals surface area contributed by atoms with Crippen LogP contribution in [0.2, 0.25) is 0 Å². The Bertz CT molecular complexity index is 1360. The quantitative estimate of drug-likeness (QED) is 0.390. The van der Waals surface area contributed by atoms with Crippen LogP contribution in [0, 0.1) is 17.8 Å². The van der Waals surface area contributed by atoms with Crippen LogP contribution in [0.1, 0.15) is 44.6 Å². The van der Waals surface area contributed by atoms with Gasteiger partial charge in [-0.05, 0) is 61.6 Å². The van der Waals surface area contributed by atoms with Gasteiger partial charge in [0, 0.05) is 30.1 Å². The number of carboxylic acid groups (broad SMARTS) is 1. The molecular weight excluding hydrogens is 476 g/mol. The molecule has 0 spiro atoms. The number of benzene rings is 2. The van der Waals surface area contributed by atoms with Crippen molar-refractivity contribution in [1.29, 1.82) is 0 Å². The van der Waals surface area contributed by atoms with E-state index in [1.807, 2.05) is 30.5 Å². The van der Waals surface area contributed by atoms with Gasteiger partial charge in [-0.3, -0.25) is 4.79 Å². The lowest BCUT2D eigenvalue weighted by Gasteiger charge is -2.22. The molecule has 0 radical (unpaired) electrons. The van der Waals surface area contributed by atoms with E-state index in [1.54, 1.807) is 6.92 Å². The largest absolute Gasteiger partial charge is 0.481 e. The van der Waals surface area contributed by atoms with Crippen LogP contribution in [-0.2, 0) is 27.8 Å². The predicted octanol–water partition coefficient (Wildman–Crippen LogP) is 4.60. The molecule has 0 saturated heterocycles. The standard InChI is InChI=1S/C28H32N2O5S/c1-2-3-17-35-23-13-15-24(16-14-23)36(33,34)29-26(28(31)32)18-22-20-30(19-21-9-5-4-6-10-21)27-12-8-7-11-25(22)27/h7-8,11-16,20-21,26,29H,4-6,9-10,17-19H2,1H3,(H,31,32)/t26-/m1/s1. The zero-order valence-electron chi connectivity index (χ0n) is 20.4. The molecule has 1 heterocycles. The summed E-state index contributed by atoms with van der Waals surface area (Å²) in [5, 5.41) is 10.8. The number of fused-ring (bicyclic) bond motifs is 1. The van der Waals surface area contributed by atoms with Gasteiger partial charge in [0.25, 0.3) is 0 Å². The summed E-state index contributed by atoms with van der Waals surface area (Å²) in [5.41, 5.74) is 1.87. The molecule has 1 atom stereocenters. The number of nitrogens with zero attached hydrogens (tertiary/aromatic N) is 1. The van der Waals surface area contributed by atoms with Crippen LogP contribution in [0.3, 0.4) is 0 Å². The number of rotatable bonds is 10. The summed E-state index contributed by atoms with van der Waals surface area (Å²) >= 11 is 0. The molecule has 1 fully saturated rings. The number of nitrogens with one attached hydrogen (secondary N) is 1. The highest BCUT2D eigenvalue weighted by Crippen LogP contribution is 2.29. The highest BCUT2D eigenvalue weighted by atomic mass is 32.2. The van der Waals surface area contributed by atoms with Gasteiger partial charge in [0.15, 0.2) is 0 Å². The lowest BCUT2D eigenvalue weighted by molar-refractivity contribution is -0.138. The van der Waals surface area contributed by atoms with Crippen LogP contribution in [0.15, 0.2) is 59.6 Å². The molecule has 1 aliphatic rings. The smallest absolute Gasteiger partial charge is 0.322 e. The topological polar surface area (TPSA) is 97.6 Å². The summed E-state index contributed by atoms with van der Waals surface area (Å²) < 4.78 is 36.0. The maximum absolute atomic E-state index is 13.0. The maximum Gasteiger partial charge on any atom is 0.322 e. The number of sulfonamides is 1. The van der Waals surface area contributed by atoms with Gasteiger partial charge in [-0.2, -0.15) is 4.72 Å². The third-order valence-corrected chi connectivity index (χ3v) is 8.18.